The van der Waals surface area contributed by atoms with Gasteiger partial charge in [-0.25, -0.2) is 4.72 Å². The largest absolute Gasteiger partial charge is 0.480 e. The molecule has 0 aliphatic carbocycles. The molecule has 0 bridgehead atoms. The smallest absolute Gasteiger partial charge is 0.321 e. The molecule has 0 saturated carbocycles. The Kier molecular flexibility index (Phi) is 6.24. The van der Waals surface area contributed by atoms with Crippen molar-refractivity contribution in [2.24, 2.45) is 0 Å². The molecule has 3 N–H and O–H groups in total. The van der Waals surface area contributed by atoms with E-state index in [1.807, 2.05) is 66.9 Å². The summed E-state index contributed by atoms with van der Waals surface area (Å²) in [5.41, 5.74) is 4.19. The summed E-state index contributed by atoms with van der Waals surface area (Å²) >= 11 is 2.89. The first kappa shape index (κ1) is 20.3. The number of carboxylic acids is 1. The summed E-state index contributed by atoms with van der Waals surface area (Å²) in [6.45, 7) is 2.05. The van der Waals surface area contributed by atoms with Crippen LogP contribution < -0.4 is 4.72 Å². The van der Waals surface area contributed by atoms with Gasteiger partial charge in [0.2, 0.25) is 0 Å². The van der Waals surface area contributed by atoms with Crippen molar-refractivity contribution < 1.29 is 9.90 Å². The van der Waals surface area contributed by atoms with Crippen LogP contribution in [0.4, 0.5) is 0 Å². The van der Waals surface area contributed by atoms with Gasteiger partial charge in [-0.1, -0.05) is 47.7 Å². The number of aromatic nitrogens is 1. The van der Waals surface area contributed by atoms with Gasteiger partial charge in [0.05, 0.1) is 9.09 Å². The lowest BCUT2D eigenvalue weighted by Gasteiger charge is -2.12. The molecular weight excluding hydrogens is 412 g/mol. The molecule has 6 heteroatoms. The molecule has 4 aromatic rings. The van der Waals surface area contributed by atoms with Crippen molar-refractivity contribution >= 4 is 40.2 Å². The summed E-state index contributed by atoms with van der Waals surface area (Å²) in [4.78, 5) is 15.9. The minimum absolute atomic E-state index is 0.401. The van der Waals surface area contributed by atoms with Gasteiger partial charge in [0.15, 0.2) is 0 Å². The predicted molar refractivity (Wildman–Crippen MR) is 124 cm³/mol. The highest BCUT2D eigenvalue weighted by molar-refractivity contribution is 7.99. The van der Waals surface area contributed by atoms with Gasteiger partial charge in [-0.05, 0) is 54.8 Å². The zero-order valence-corrected chi connectivity index (χ0v) is 17.9. The van der Waals surface area contributed by atoms with Crippen LogP contribution in [-0.2, 0) is 11.2 Å². The summed E-state index contributed by atoms with van der Waals surface area (Å²) < 4.78 is 4.08. The first-order valence-corrected chi connectivity index (χ1v) is 11.1. The molecule has 0 aliphatic heterocycles. The molecule has 4 nitrogen and oxygen atoms in total. The summed E-state index contributed by atoms with van der Waals surface area (Å²) in [5.74, 6) is 5.47. The maximum Gasteiger partial charge on any atom is 0.321 e. The van der Waals surface area contributed by atoms with Crippen molar-refractivity contribution in [1.29, 1.82) is 0 Å². The fraction of sp³-hybridized carbons (Fsp3) is 0.125. The number of hydrogen-bond acceptors (Lipinski definition) is 4. The van der Waals surface area contributed by atoms with Crippen molar-refractivity contribution in [3.63, 3.8) is 0 Å². The second kappa shape index (κ2) is 9.23. The van der Waals surface area contributed by atoms with E-state index in [2.05, 4.69) is 28.5 Å². The molecule has 0 fully saturated rings. The zero-order valence-electron chi connectivity index (χ0n) is 16.3. The standard InChI is InChI=1S/C24H20N2O2S2/c1-16-6-8-17(9-7-16)10-11-19-12-13-23(29-19)30-26-22(24(27)28)14-18-15-25-21-5-3-2-4-20(18)21/h2-9,12-13,15,22,25-26H,14H2,1H3,(H,27,28). The van der Waals surface area contributed by atoms with Gasteiger partial charge in [-0.2, -0.15) is 0 Å². The molecule has 2 heterocycles. The number of carbonyl (C=O) groups is 1. The second-order valence-electron chi connectivity index (χ2n) is 6.91. The van der Waals surface area contributed by atoms with E-state index in [1.54, 1.807) is 11.3 Å². The lowest BCUT2D eigenvalue weighted by Crippen LogP contribution is -2.34. The molecule has 0 saturated heterocycles. The number of H-pyrrole nitrogens is 1. The molecule has 1 unspecified atom stereocenters. The van der Waals surface area contributed by atoms with Crippen LogP contribution in [0, 0.1) is 18.8 Å². The number of benzene rings is 2. The Labute approximate surface area is 183 Å². The van der Waals surface area contributed by atoms with Gasteiger partial charge >= 0.3 is 5.97 Å². The SMILES string of the molecule is Cc1ccc(C#Cc2ccc(SNC(Cc3c[nH]c4ccccc34)C(=O)O)s2)cc1. The van der Waals surface area contributed by atoms with Crippen LogP contribution in [0.2, 0.25) is 0 Å². The maximum absolute atomic E-state index is 11.8. The molecular formula is C24H20N2O2S2. The van der Waals surface area contributed by atoms with Crippen molar-refractivity contribution in [2.75, 3.05) is 0 Å². The number of rotatable bonds is 6. The molecule has 30 heavy (non-hydrogen) atoms. The maximum atomic E-state index is 11.8. The van der Waals surface area contributed by atoms with E-state index in [0.717, 1.165) is 31.1 Å². The fourth-order valence-corrected chi connectivity index (χ4v) is 4.79. The number of hydrogen-bond donors (Lipinski definition) is 3. The van der Waals surface area contributed by atoms with Crippen molar-refractivity contribution in [3.8, 4) is 11.8 Å². The van der Waals surface area contributed by atoms with Crippen LogP contribution >= 0.6 is 23.3 Å². The minimum atomic E-state index is -0.872. The number of para-hydroxylation sites is 1. The monoisotopic (exact) mass is 432 g/mol. The van der Waals surface area contributed by atoms with E-state index in [-0.39, 0.29) is 0 Å². The Morgan fingerprint density at radius 3 is 2.73 bits per heavy atom. The molecule has 0 amide bonds. The Hall–Kier alpha value is -2.98. The van der Waals surface area contributed by atoms with E-state index in [9.17, 15) is 9.90 Å². The molecule has 0 aliphatic rings. The van der Waals surface area contributed by atoms with Crippen LogP contribution in [0.15, 0.2) is 71.1 Å². The lowest BCUT2D eigenvalue weighted by molar-refractivity contribution is -0.138. The highest BCUT2D eigenvalue weighted by Crippen LogP contribution is 2.26. The third kappa shape index (κ3) is 4.95. The van der Waals surface area contributed by atoms with E-state index in [0.29, 0.717) is 6.42 Å². The average Bonchev–Trinajstić information content (AvgIpc) is 3.37. The number of thiophene rings is 1. The summed E-state index contributed by atoms with van der Waals surface area (Å²) in [7, 11) is 0. The first-order chi connectivity index (χ1) is 14.6. The quantitative estimate of drug-likeness (QED) is 0.288. The van der Waals surface area contributed by atoms with E-state index < -0.39 is 12.0 Å². The highest BCUT2D eigenvalue weighted by Gasteiger charge is 2.20. The number of fused-ring (bicyclic) bond motifs is 1. The number of nitrogens with one attached hydrogen (secondary N) is 2. The van der Waals surface area contributed by atoms with Crippen LogP contribution in [0.1, 0.15) is 21.6 Å². The lowest BCUT2D eigenvalue weighted by atomic mass is 10.1. The van der Waals surface area contributed by atoms with Gasteiger partial charge in [0, 0.05) is 29.1 Å². The normalized spacial score (nSPS) is 11.8. The van der Waals surface area contributed by atoms with E-state index in [1.165, 1.54) is 17.5 Å². The third-order valence-corrected chi connectivity index (χ3v) is 6.70. The van der Waals surface area contributed by atoms with Crippen LogP contribution in [-0.4, -0.2) is 22.1 Å². The van der Waals surface area contributed by atoms with Crippen molar-refractivity contribution in [2.45, 2.75) is 23.6 Å². The zero-order chi connectivity index (χ0) is 20.9. The Bertz CT molecular complexity index is 1230. The number of aryl methyl sites for hydroxylation is 1. The molecule has 2 aromatic heterocycles. The predicted octanol–water partition coefficient (Wildman–Crippen LogP) is 5.23. The number of carboxylic acid groups (broad SMARTS) is 1. The van der Waals surface area contributed by atoms with Gasteiger partial charge < -0.3 is 10.1 Å². The van der Waals surface area contributed by atoms with E-state index >= 15 is 0 Å². The van der Waals surface area contributed by atoms with Gasteiger partial charge in [-0.15, -0.1) is 11.3 Å². The molecule has 0 spiro atoms. The number of aliphatic carboxylic acids is 1. The summed E-state index contributed by atoms with van der Waals surface area (Å²) in [6.07, 6.45) is 2.29. The fourth-order valence-electron chi connectivity index (χ4n) is 3.04. The summed E-state index contributed by atoms with van der Waals surface area (Å²) in [6, 6.07) is 19.3. The van der Waals surface area contributed by atoms with Crippen LogP contribution in [0.5, 0.6) is 0 Å². The highest BCUT2D eigenvalue weighted by atomic mass is 32.2. The topological polar surface area (TPSA) is 65.1 Å². The molecule has 1 atom stereocenters. The first-order valence-electron chi connectivity index (χ1n) is 9.47. The number of aromatic amines is 1. The van der Waals surface area contributed by atoms with Gasteiger partial charge in [0.25, 0.3) is 0 Å². The molecule has 150 valence electrons. The van der Waals surface area contributed by atoms with E-state index in [4.69, 9.17) is 0 Å². The second-order valence-corrected chi connectivity index (χ2v) is 9.13. The third-order valence-electron chi connectivity index (χ3n) is 4.66. The Morgan fingerprint density at radius 2 is 1.93 bits per heavy atom. The molecule has 4 rings (SSSR count). The van der Waals surface area contributed by atoms with Crippen molar-refractivity contribution in [1.82, 2.24) is 9.71 Å². The van der Waals surface area contributed by atoms with Gasteiger partial charge in [0.1, 0.15) is 6.04 Å². The average molecular weight is 433 g/mol. The summed E-state index contributed by atoms with van der Waals surface area (Å²) in [5, 5.41) is 10.7. The van der Waals surface area contributed by atoms with Crippen LogP contribution in [0.25, 0.3) is 10.9 Å². The minimum Gasteiger partial charge on any atom is -0.480 e. The Morgan fingerprint density at radius 1 is 1.13 bits per heavy atom. The van der Waals surface area contributed by atoms with Gasteiger partial charge in [-0.3, -0.25) is 4.79 Å². The molecule has 0 radical (unpaired) electrons. The molecule has 2 aromatic carbocycles. The Balaban J connectivity index is 1.40. The van der Waals surface area contributed by atoms with Crippen molar-refractivity contribution in [3.05, 3.63) is 88.4 Å². The van der Waals surface area contributed by atoms with Crippen LogP contribution in [0.3, 0.4) is 0 Å².